The molecule has 0 fully saturated rings. The number of rotatable bonds is 13. The minimum Gasteiger partial charge on any atom is -0.508 e. The second-order valence-corrected chi connectivity index (χ2v) is 13.5. The van der Waals surface area contributed by atoms with Gasteiger partial charge in [0.05, 0.1) is 39.0 Å². The highest BCUT2D eigenvalue weighted by Gasteiger charge is 2.48. The molecule has 0 amide bonds. The number of phenolic OH excluding ortho intramolecular Hbond substituents is 2. The Balaban J connectivity index is 1.42. The number of hydrogen-bond acceptors (Lipinski definition) is 11. The summed E-state index contributed by atoms with van der Waals surface area (Å²) >= 11 is 0. The van der Waals surface area contributed by atoms with Crippen molar-refractivity contribution in [3.8, 4) is 39.9 Å². The minimum absolute atomic E-state index is 0.00201. The molecular weight excluding hydrogens is 650 g/mol. The maximum atomic E-state index is 10.7. The zero-order valence-corrected chi connectivity index (χ0v) is 29.1. The van der Waals surface area contributed by atoms with Gasteiger partial charge in [-0.25, -0.2) is 0 Å². The second kappa shape index (κ2) is 14.5. The Morgan fingerprint density at radius 1 is 0.961 bits per heavy atom. The van der Waals surface area contributed by atoms with Crippen molar-refractivity contribution < 1.29 is 39.4 Å². The summed E-state index contributed by atoms with van der Waals surface area (Å²) in [6, 6.07) is 18.9. The summed E-state index contributed by atoms with van der Waals surface area (Å²) in [6.07, 6.45) is 2.46. The lowest BCUT2D eigenvalue weighted by Crippen LogP contribution is -2.54. The zero-order chi connectivity index (χ0) is 35.7. The molecule has 268 valence electrons. The van der Waals surface area contributed by atoms with E-state index >= 15 is 0 Å². The van der Waals surface area contributed by atoms with E-state index in [1.165, 1.54) is 12.7 Å². The maximum Gasteiger partial charge on any atom is 0.160 e. The van der Waals surface area contributed by atoms with E-state index in [-0.39, 0.29) is 37.4 Å². The third-order valence-corrected chi connectivity index (χ3v) is 10.2. The van der Waals surface area contributed by atoms with Crippen molar-refractivity contribution in [3.05, 3.63) is 99.1 Å². The summed E-state index contributed by atoms with van der Waals surface area (Å²) in [6.45, 7) is 0.628. The summed E-state index contributed by atoms with van der Waals surface area (Å²) < 4.78 is 25.6. The predicted octanol–water partition coefficient (Wildman–Crippen LogP) is 2.63. The van der Waals surface area contributed by atoms with E-state index in [1.54, 1.807) is 18.2 Å². The van der Waals surface area contributed by atoms with Crippen molar-refractivity contribution in [1.82, 2.24) is 10.6 Å². The van der Waals surface area contributed by atoms with Crippen LogP contribution in [0.3, 0.4) is 0 Å². The molecule has 1 aliphatic carbocycles. The number of ether oxygens (including phenoxy) is 4. The fraction of sp³-hybridized carbons (Fsp3) is 0.375. The quantitative estimate of drug-likeness (QED) is 0.115. The van der Waals surface area contributed by atoms with Crippen LogP contribution < -0.4 is 35.4 Å². The van der Waals surface area contributed by atoms with Gasteiger partial charge in [0.2, 0.25) is 0 Å². The van der Waals surface area contributed by atoms with Crippen LogP contribution in [0.4, 0.5) is 0 Å². The highest BCUT2D eigenvalue weighted by atomic mass is 16.6. The van der Waals surface area contributed by atoms with Gasteiger partial charge in [0.1, 0.15) is 29.0 Å². The Morgan fingerprint density at radius 2 is 1.80 bits per heavy atom. The molecule has 2 aliphatic heterocycles. The van der Waals surface area contributed by atoms with Crippen molar-refractivity contribution in [2.45, 2.75) is 43.0 Å². The van der Waals surface area contributed by atoms with Crippen LogP contribution in [0, 0.1) is 0 Å². The van der Waals surface area contributed by atoms with Crippen LogP contribution >= 0.6 is 0 Å². The number of likely N-dealkylation sites (N-methyl/N-ethyl adjacent to an activating group) is 1. The molecule has 2 heterocycles. The smallest absolute Gasteiger partial charge is 0.160 e. The summed E-state index contributed by atoms with van der Waals surface area (Å²) in [5, 5.41) is 50.0. The molecule has 3 atom stereocenters. The van der Waals surface area contributed by atoms with Gasteiger partial charge in [-0.1, -0.05) is 24.3 Å². The highest BCUT2D eigenvalue weighted by molar-refractivity contribution is 5.83. The normalized spacial score (nSPS) is 20.0. The number of nitrogens with zero attached hydrogens (tertiary/aromatic N) is 1. The van der Waals surface area contributed by atoms with Crippen LogP contribution in [0.5, 0.6) is 28.7 Å². The lowest BCUT2D eigenvalue weighted by Gasteiger charge is -2.46. The molecule has 0 aromatic heterocycles. The molecule has 11 nitrogen and oxygen atoms in total. The molecule has 0 spiro atoms. The molecular formula is C40H45N3O8. The molecule has 6 N–H and O–H groups in total. The molecule has 51 heavy (non-hydrogen) atoms. The van der Waals surface area contributed by atoms with Gasteiger partial charge in [0, 0.05) is 30.2 Å². The largest absolute Gasteiger partial charge is 0.508 e. The lowest BCUT2D eigenvalue weighted by atomic mass is 9.71. The van der Waals surface area contributed by atoms with E-state index in [2.05, 4.69) is 39.9 Å². The van der Waals surface area contributed by atoms with Gasteiger partial charge in [-0.3, -0.25) is 10.3 Å². The molecule has 3 unspecified atom stereocenters. The number of aliphatic hydroxyl groups is 2. The van der Waals surface area contributed by atoms with Gasteiger partial charge in [-0.2, -0.15) is 0 Å². The topological polar surface area (TPSA) is 154 Å². The van der Waals surface area contributed by atoms with Gasteiger partial charge in [-0.15, -0.1) is 0 Å². The fourth-order valence-electron chi connectivity index (χ4n) is 7.87. The molecule has 0 bridgehead atoms. The first-order valence-electron chi connectivity index (χ1n) is 17.3. The molecule has 11 heteroatoms. The Bertz CT molecular complexity index is 2050. The van der Waals surface area contributed by atoms with E-state index in [9.17, 15) is 20.4 Å². The Morgan fingerprint density at radius 3 is 2.57 bits per heavy atom. The van der Waals surface area contributed by atoms with E-state index < -0.39 is 17.8 Å². The number of phenols is 2. The first kappa shape index (κ1) is 34.8. The first-order chi connectivity index (χ1) is 24.8. The average molecular weight is 696 g/mol. The van der Waals surface area contributed by atoms with Gasteiger partial charge in [-0.05, 0) is 102 Å². The number of nitrogens with one attached hydrogen (secondary N) is 2. The molecule has 0 radical (unpaired) electrons. The van der Waals surface area contributed by atoms with E-state index in [0.29, 0.717) is 43.2 Å². The van der Waals surface area contributed by atoms with Crippen molar-refractivity contribution in [2.75, 3.05) is 54.2 Å². The van der Waals surface area contributed by atoms with Crippen molar-refractivity contribution in [3.63, 3.8) is 0 Å². The molecule has 3 aliphatic rings. The van der Waals surface area contributed by atoms with Crippen molar-refractivity contribution >= 4 is 6.08 Å². The van der Waals surface area contributed by atoms with Crippen LogP contribution in [0.1, 0.15) is 39.8 Å². The summed E-state index contributed by atoms with van der Waals surface area (Å²) in [4.78, 5) is 4.56. The Labute approximate surface area is 296 Å². The Kier molecular flexibility index (Phi) is 9.91. The van der Waals surface area contributed by atoms with Crippen molar-refractivity contribution in [1.29, 1.82) is 0 Å². The predicted molar refractivity (Wildman–Crippen MR) is 192 cm³/mol. The number of methoxy groups -OCH3 is 1. The van der Waals surface area contributed by atoms with Crippen molar-refractivity contribution in [2.24, 2.45) is 4.99 Å². The maximum absolute atomic E-state index is 10.7. The lowest BCUT2D eigenvalue weighted by molar-refractivity contribution is -0.127. The molecule has 4 aromatic rings. The van der Waals surface area contributed by atoms with E-state index in [4.69, 9.17) is 18.9 Å². The van der Waals surface area contributed by atoms with E-state index in [0.717, 1.165) is 50.4 Å². The number of hydrogen-bond donors (Lipinski definition) is 6. The summed E-state index contributed by atoms with van der Waals surface area (Å²) in [5.41, 5.74) is 5.77. The standard InChI is InChI=1S/C40H45N3O8/c1-41-21-40(49-22-42-2)18-32-31-14-26(13-23-4-8-33-24(12-23)10-11-43-33)30-16-27(46)6-7-29(30)38(31)37(50-28(19-44)20-45)17-35(32)51-39(40)25-5-9-34(47)36(15-25)48-3/h4-10,12,15-17,26,28,39,41-42,44-47H,11,13-14,18-22H2,1-3H3. The number of benzene rings is 4. The third-order valence-electron chi connectivity index (χ3n) is 10.2. The first-order valence-corrected chi connectivity index (χ1v) is 17.3. The van der Waals surface area contributed by atoms with Gasteiger partial charge in [0.25, 0.3) is 0 Å². The highest BCUT2D eigenvalue weighted by Crippen LogP contribution is 2.54. The van der Waals surface area contributed by atoms with Crippen LogP contribution in [0.2, 0.25) is 0 Å². The molecule has 4 aromatic carbocycles. The summed E-state index contributed by atoms with van der Waals surface area (Å²) in [5.74, 6) is 1.58. The number of fused-ring (bicyclic) bond motifs is 6. The van der Waals surface area contributed by atoms with Gasteiger partial charge >= 0.3 is 0 Å². The van der Waals surface area contributed by atoms with Gasteiger partial charge in [0.15, 0.2) is 17.6 Å². The third kappa shape index (κ3) is 6.52. The second-order valence-electron chi connectivity index (χ2n) is 13.5. The van der Waals surface area contributed by atoms with Crippen LogP contribution in [0.15, 0.2) is 65.7 Å². The van der Waals surface area contributed by atoms with Crippen LogP contribution in [-0.4, -0.2) is 86.4 Å². The SMILES string of the molecule is CNCOC1(CNC)Cc2c(cc(OC(CO)CO)c3c2CC(Cc2ccc4c(c2)=CCN=4)c2cc(O)ccc2-3)OC1c1ccc(O)c(OC)c1. The number of aromatic hydroxyl groups is 2. The fourth-order valence-corrected chi connectivity index (χ4v) is 7.87. The monoisotopic (exact) mass is 695 g/mol. The summed E-state index contributed by atoms with van der Waals surface area (Å²) in [7, 11) is 5.22. The number of aliphatic hydroxyl groups excluding tert-OH is 2. The molecule has 0 saturated heterocycles. The van der Waals surface area contributed by atoms with Crippen LogP contribution in [0.25, 0.3) is 17.2 Å². The van der Waals surface area contributed by atoms with E-state index in [1.807, 2.05) is 38.4 Å². The molecule has 0 saturated carbocycles. The van der Waals surface area contributed by atoms with Gasteiger partial charge < -0.3 is 44.7 Å². The van der Waals surface area contributed by atoms with Crippen LogP contribution in [-0.2, 0) is 24.0 Å². The zero-order valence-electron chi connectivity index (χ0n) is 29.1. The Hall–Kier alpha value is -4.65. The minimum atomic E-state index is -0.897. The molecule has 7 rings (SSSR count). The average Bonchev–Trinajstić information content (AvgIpc) is 3.61.